The summed E-state index contributed by atoms with van der Waals surface area (Å²) in [5, 5.41) is 9.35. The number of nitrogens with one attached hydrogen (secondary N) is 3. The molecule has 0 aromatic rings. The fourth-order valence-corrected chi connectivity index (χ4v) is 3.81. The first-order valence-corrected chi connectivity index (χ1v) is 9.42. The van der Waals surface area contributed by atoms with Crippen molar-refractivity contribution in [2.75, 3.05) is 19.6 Å². The van der Waals surface area contributed by atoms with E-state index in [1.54, 1.807) is 0 Å². The van der Waals surface area contributed by atoms with Crippen molar-refractivity contribution in [2.24, 2.45) is 11.8 Å². The van der Waals surface area contributed by atoms with Crippen LogP contribution in [0.2, 0.25) is 0 Å². The Balaban J connectivity index is 0.00000288. The van der Waals surface area contributed by atoms with Gasteiger partial charge in [-0.15, -0.1) is 12.4 Å². The monoisotopic (exact) mass is 359 g/mol. The minimum atomic E-state index is 0. The van der Waals surface area contributed by atoms with Crippen molar-refractivity contribution in [3.63, 3.8) is 0 Å². The summed E-state index contributed by atoms with van der Waals surface area (Å²) in [6.45, 7) is 4.76. The van der Waals surface area contributed by atoms with Gasteiger partial charge >= 0.3 is 0 Å². The molecule has 1 aliphatic heterocycles. The van der Waals surface area contributed by atoms with E-state index in [2.05, 4.69) is 22.9 Å². The van der Waals surface area contributed by atoms with E-state index in [9.17, 15) is 9.59 Å². The highest BCUT2D eigenvalue weighted by atomic mass is 35.5. The smallest absolute Gasteiger partial charge is 0.221 e. The van der Waals surface area contributed by atoms with Crippen LogP contribution >= 0.6 is 12.4 Å². The van der Waals surface area contributed by atoms with Gasteiger partial charge in [-0.2, -0.15) is 0 Å². The lowest BCUT2D eigenvalue weighted by Gasteiger charge is -2.27. The maximum atomic E-state index is 12.0. The van der Waals surface area contributed by atoms with E-state index in [0.717, 1.165) is 38.8 Å². The third-order valence-electron chi connectivity index (χ3n) is 5.34. The minimum Gasteiger partial charge on any atom is -0.356 e. The second-order valence-electron chi connectivity index (χ2n) is 7.27. The molecular weight excluding hydrogens is 326 g/mol. The van der Waals surface area contributed by atoms with E-state index in [-0.39, 0.29) is 24.2 Å². The number of rotatable bonds is 7. The van der Waals surface area contributed by atoms with Crippen LogP contribution < -0.4 is 16.0 Å². The molecule has 0 radical (unpaired) electrons. The molecule has 0 aromatic heterocycles. The molecule has 24 heavy (non-hydrogen) atoms. The van der Waals surface area contributed by atoms with Crippen molar-refractivity contribution in [1.29, 1.82) is 0 Å². The molecule has 2 rings (SSSR count). The van der Waals surface area contributed by atoms with Gasteiger partial charge in [0.2, 0.25) is 11.8 Å². The van der Waals surface area contributed by atoms with Gasteiger partial charge < -0.3 is 16.0 Å². The van der Waals surface area contributed by atoms with Gasteiger partial charge in [0.25, 0.3) is 0 Å². The molecule has 1 unspecified atom stereocenters. The normalized spacial score (nSPS) is 20.7. The van der Waals surface area contributed by atoms with Crippen molar-refractivity contribution < 1.29 is 9.59 Å². The standard InChI is InChI=1S/C18H33N3O2.ClH/c1-14(15-7-10-19-11-8-15)13-18(23)20-12-9-17(22)21-16-5-3-2-4-6-16;/h14-16,19H,2-13H2,1H3,(H,20,23)(H,21,22);1H. The summed E-state index contributed by atoms with van der Waals surface area (Å²) in [5.41, 5.74) is 0. The van der Waals surface area contributed by atoms with Gasteiger partial charge in [-0.25, -0.2) is 0 Å². The minimum absolute atomic E-state index is 0. The molecule has 1 saturated carbocycles. The predicted molar refractivity (Wildman–Crippen MR) is 99.3 cm³/mol. The third-order valence-corrected chi connectivity index (χ3v) is 5.34. The van der Waals surface area contributed by atoms with Crippen molar-refractivity contribution in [3.05, 3.63) is 0 Å². The lowest BCUT2D eigenvalue weighted by atomic mass is 9.84. The Hall–Kier alpha value is -0.810. The van der Waals surface area contributed by atoms with Crippen LogP contribution in [0.15, 0.2) is 0 Å². The van der Waals surface area contributed by atoms with Crippen molar-refractivity contribution in [2.45, 2.75) is 70.8 Å². The molecule has 2 aliphatic rings. The Bertz CT molecular complexity index is 380. The van der Waals surface area contributed by atoms with E-state index in [1.807, 2.05) is 0 Å². The molecule has 2 fully saturated rings. The van der Waals surface area contributed by atoms with E-state index in [4.69, 9.17) is 0 Å². The molecule has 6 heteroatoms. The molecule has 1 heterocycles. The molecule has 1 saturated heterocycles. The van der Waals surface area contributed by atoms with Gasteiger partial charge in [0.1, 0.15) is 0 Å². The average molecular weight is 360 g/mol. The highest BCUT2D eigenvalue weighted by Gasteiger charge is 2.22. The number of hydrogen-bond acceptors (Lipinski definition) is 3. The van der Waals surface area contributed by atoms with Gasteiger partial charge in [0.05, 0.1) is 0 Å². The summed E-state index contributed by atoms with van der Waals surface area (Å²) in [5.74, 6) is 1.23. The molecular formula is C18H34ClN3O2. The Kier molecular flexibility index (Phi) is 10.3. The van der Waals surface area contributed by atoms with Crippen LogP contribution in [-0.4, -0.2) is 37.5 Å². The van der Waals surface area contributed by atoms with Crippen LogP contribution in [0.4, 0.5) is 0 Å². The molecule has 0 bridgehead atoms. The summed E-state index contributed by atoms with van der Waals surface area (Å²) < 4.78 is 0. The fraction of sp³-hybridized carbons (Fsp3) is 0.889. The first kappa shape index (κ1) is 21.2. The lowest BCUT2D eigenvalue weighted by molar-refractivity contribution is -0.123. The van der Waals surface area contributed by atoms with Crippen LogP contribution in [0.1, 0.15) is 64.7 Å². The average Bonchev–Trinajstić information content (AvgIpc) is 2.56. The Morgan fingerprint density at radius 1 is 1.04 bits per heavy atom. The van der Waals surface area contributed by atoms with Crippen molar-refractivity contribution in [1.82, 2.24) is 16.0 Å². The van der Waals surface area contributed by atoms with Crippen LogP contribution in [0, 0.1) is 11.8 Å². The first-order valence-electron chi connectivity index (χ1n) is 9.42. The van der Waals surface area contributed by atoms with Gasteiger partial charge in [0.15, 0.2) is 0 Å². The second kappa shape index (κ2) is 11.7. The first-order chi connectivity index (χ1) is 11.1. The van der Waals surface area contributed by atoms with Gasteiger partial charge in [0, 0.05) is 25.4 Å². The predicted octanol–water partition coefficient (Wildman–Crippen LogP) is 2.39. The molecule has 5 nitrogen and oxygen atoms in total. The quantitative estimate of drug-likeness (QED) is 0.653. The number of hydrogen-bond donors (Lipinski definition) is 3. The number of carbonyl (C=O) groups excluding carboxylic acids is 2. The summed E-state index contributed by atoms with van der Waals surface area (Å²) in [6.07, 6.45) is 9.23. The topological polar surface area (TPSA) is 70.2 Å². The zero-order valence-corrected chi connectivity index (χ0v) is 15.8. The Morgan fingerprint density at radius 3 is 2.38 bits per heavy atom. The van der Waals surface area contributed by atoms with Crippen LogP contribution in [0.5, 0.6) is 0 Å². The third kappa shape index (κ3) is 7.84. The maximum absolute atomic E-state index is 12.0. The zero-order chi connectivity index (χ0) is 16.5. The highest BCUT2D eigenvalue weighted by Crippen LogP contribution is 2.24. The maximum Gasteiger partial charge on any atom is 0.221 e. The van der Waals surface area contributed by atoms with Gasteiger partial charge in [-0.3, -0.25) is 9.59 Å². The van der Waals surface area contributed by atoms with Crippen molar-refractivity contribution >= 4 is 24.2 Å². The van der Waals surface area contributed by atoms with E-state index in [0.29, 0.717) is 37.3 Å². The largest absolute Gasteiger partial charge is 0.356 e. The van der Waals surface area contributed by atoms with Gasteiger partial charge in [-0.05, 0) is 50.6 Å². The molecule has 1 aliphatic carbocycles. The molecule has 0 spiro atoms. The van der Waals surface area contributed by atoms with Crippen LogP contribution in [-0.2, 0) is 9.59 Å². The Morgan fingerprint density at radius 2 is 1.71 bits per heavy atom. The number of piperidine rings is 1. The lowest BCUT2D eigenvalue weighted by Crippen LogP contribution is -2.38. The second-order valence-corrected chi connectivity index (χ2v) is 7.27. The van der Waals surface area contributed by atoms with Gasteiger partial charge in [-0.1, -0.05) is 26.2 Å². The van der Waals surface area contributed by atoms with E-state index < -0.39 is 0 Å². The summed E-state index contributed by atoms with van der Waals surface area (Å²) in [4.78, 5) is 23.9. The number of halogens is 1. The number of amides is 2. The summed E-state index contributed by atoms with van der Waals surface area (Å²) in [7, 11) is 0. The SMILES string of the molecule is CC(CC(=O)NCCC(=O)NC1CCCCC1)C1CCNCC1.Cl. The highest BCUT2D eigenvalue weighted by molar-refractivity contribution is 5.85. The summed E-state index contributed by atoms with van der Waals surface area (Å²) >= 11 is 0. The number of carbonyl (C=O) groups is 2. The van der Waals surface area contributed by atoms with E-state index >= 15 is 0 Å². The molecule has 1 atom stereocenters. The molecule has 2 amide bonds. The van der Waals surface area contributed by atoms with Crippen LogP contribution in [0.25, 0.3) is 0 Å². The Labute approximate surface area is 152 Å². The summed E-state index contributed by atoms with van der Waals surface area (Å²) in [6, 6.07) is 0.354. The molecule has 140 valence electrons. The molecule has 3 N–H and O–H groups in total. The fourth-order valence-electron chi connectivity index (χ4n) is 3.81. The van der Waals surface area contributed by atoms with E-state index in [1.165, 1.54) is 19.3 Å². The van der Waals surface area contributed by atoms with Crippen molar-refractivity contribution in [3.8, 4) is 0 Å². The van der Waals surface area contributed by atoms with Crippen LogP contribution in [0.3, 0.4) is 0 Å². The molecule has 0 aromatic carbocycles. The zero-order valence-electron chi connectivity index (χ0n) is 14.9.